The highest BCUT2D eigenvalue weighted by Gasteiger charge is 1.87. The Kier molecular flexibility index (Phi) is 3.80. The van der Waals surface area contributed by atoms with E-state index >= 15 is 0 Å². The smallest absolute Gasteiger partial charge is 0.219 e. The van der Waals surface area contributed by atoms with Gasteiger partial charge in [0, 0.05) is 30.3 Å². The van der Waals surface area contributed by atoms with Crippen molar-refractivity contribution in [3.05, 3.63) is 28.4 Å². The van der Waals surface area contributed by atoms with Crippen LogP contribution in [0.1, 0.15) is 12.0 Å². The molecule has 1 heterocycles. The number of azide groups is 1. The highest BCUT2D eigenvalue weighted by Crippen LogP contribution is 1.94. The Bertz CT molecular complexity index is 392. The minimum atomic E-state index is 0.227. The fourth-order valence-electron chi connectivity index (χ4n) is 0.718. The monoisotopic (exact) mass is 188 g/mol. The summed E-state index contributed by atoms with van der Waals surface area (Å²) in [5, 5.41) is 3.34. The molecule has 0 fully saturated rings. The third-order valence-electron chi connectivity index (χ3n) is 1.30. The van der Waals surface area contributed by atoms with Crippen molar-refractivity contribution >= 4 is 5.95 Å². The largest absolute Gasteiger partial charge is 0.368 e. The standard InChI is InChI=1S/C8H8N6/c9-8-11-5-7(6-12-8)3-1-2-4-13-14-10/h5-6H,2,4H2,(H2,9,11,12). The molecule has 0 atom stereocenters. The molecule has 0 aromatic carbocycles. The average molecular weight is 188 g/mol. The van der Waals surface area contributed by atoms with E-state index in [1.807, 2.05) is 0 Å². The van der Waals surface area contributed by atoms with Gasteiger partial charge in [-0.15, -0.1) is 0 Å². The molecular weight excluding hydrogens is 180 g/mol. The molecule has 6 heteroatoms. The Labute approximate surface area is 80.8 Å². The lowest BCUT2D eigenvalue weighted by molar-refractivity contribution is 1.01. The second-order valence-corrected chi connectivity index (χ2v) is 2.34. The molecule has 0 aliphatic carbocycles. The van der Waals surface area contributed by atoms with Crippen LogP contribution in [0.4, 0.5) is 5.95 Å². The summed E-state index contributed by atoms with van der Waals surface area (Å²) in [6.45, 7) is 0.374. The van der Waals surface area contributed by atoms with Crippen LogP contribution in [-0.4, -0.2) is 16.5 Å². The van der Waals surface area contributed by atoms with Crippen LogP contribution in [0.5, 0.6) is 0 Å². The van der Waals surface area contributed by atoms with Gasteiger partial charge in [-0.3, -0.25) is 0 Å². The van der Waals surface area contributed by atoms with Crippen LogP contribution in [0.2, 0.25) is 0 Å². The van der Waals surface area contributed by atoms with E-state index in [4.69, 9.17) is 11.3 Å². The van der Waals surface area contributed by atoms with E-state index in [0.29, 0.717) is 18.5 Å². The first-order valence-electron chi connectivity index (χ1n) is 3.90. The number of nitrogen functional groups attached to an aromatic ring is 1. The third-order valence-corrected chi connectivity index (χ3v) is 1.30. The van der Waals surface area contributed by atoms with Crippen molar-refractivity contribution in [2.24, 2.45) is 5.11 Å². The SMILES string of the molecule is [N-]=[N+]=NCCC#Cc1cnc(N)nc1. The average Bonchev–Trinajstić information content (AvgIpc) is 2.21. The molecule has 0 saturated carbocycles. The van der Waals surface area contributed by atoms with Crippen molar-refractivity contribution in [2.45, 2.75) is 6.42 Å². The zero-order valence-electron chi connectivity index (χ0n) is 7.38. The predicted octanol–water partition coefficient (Wildman–Crippen LogP) is 1.11. The number of nitrogens with zero attached hydrogens (tertiary/aromatic N) is 5. The van der Waals surface area contributed by atoms with Crippen LogP contribution in [0.25, 0.3) is 10.4 Å². The lowest BCUT2D eigenvalue weighted by Crippen LogP contribution is -1.93. The Morgan fingerprint density at radius 2 is 2.21 bits per heavy atom. The molecule has 0 unspecified atom stereocenters. The summed E-state index contributed by atoms with van der Waals surface area (Å²) in [5.74, 6) is 5.86. The lowest BCUT2D eigenvalue weighted by atomic mass is 10.3. The summed E-state index contributed by atoms with van der Waals surface area (Å²) in [6.07, 6.45) is 3.61. The number of aromatic nitrogens is 2. The van der Waals surface area contributed by atoms with Gasteiger partial charge in [-0.2, -0.15) is 0 Å². The number of hydrogen-bond donors (Lipinski definition) is 1. The molecular formula is C8H8N6. The van der Waals surface area contributed by atoms with Gasteiger partial charge >= 0.3 is 0 Å². The van der Waals surface area contributed by atoms with Crippen molar-refractivity contribution in [3.63, 3.8) is 0 Å². The highest BCUT2D eigenvalue weighted by atomic mass is 15.1. The van der Waals surface area contributed by atoms with Crippen molar-refractivity contribution in [1.82, 2.24) is 9.97 Å². The molecule has 2 N–H and O–H groups in total. The Morgan fingerprint density at radius 3 is 2.86 bits per heavy atom. The van der Waals surface area contributed by atoms with E-state index in [2.05, 4.69) is 31.8 Å². The maximum absolute atomic E-state index is 7.99. The topological polar surface area (TPSA) is 101 Å². The van der Waals surface area contributed by atoms with Crippen LogP contribution >= 0.6 is 0 Å². The number of hydrogen-bond acceptors (Lipinski definition) is 4. The summed E-state index contributed by atoms with van der Waals surface area (Å²) < 4.78 is 0. The molecule has 14 heavy (non-hydrogen) atoms. The molecule has 1 rings (SSSR count). The molecule has 1 aromatic rings. The van der Waals surface area contributed by atoms with Crippen molar-refractivity contribution in [2.75, 3.05) is 12.3 Å². The van der Waals surface area contributed by atoms with Crippen LogP contribution in [-0.2, 0) is 0 Å². The molecule has 0 bridgehead atoms. The quantitative estimate of drug-likeness (QED) is 0.247. The molecule has 0 amide bonds. The Balaban J connectivity index is 2.51. The van der Waals surface area contributed by atoms with Gasteiger partial charge in [0.1, 0.15) is 0 Å². The second kappa shape index (κ2) is 5.41. The lowest BCUT2D eigenvalue weighted by Gasteiger charge is -1.89. The van der Waals surface area contributed by atoms with E-state index in [1.165, 1.54) is 0 Å². The van der Waals surface area contributed by atoms with Gasteiger partial charge in [0.05, 0.1) is 5.56 Å². The van der Waals surface area contributed by atoms with Gasteiger partial charge in [0.15, 0.2) is 0 Å². The number of anilines is 1. The second-order valence-electron chi connectivity index (χ2n) is 2.34. The van der Waals surface area contributed by atoms with Gasteiger partial charge in [-0.05, 0) is 5.53 Å². The van der Waals surface area contributed by atoms with Crippen molar-refractivity contribution < 1.29 is 0 Å². The maximum atomic E-state index is 7.99. The normalized spacial score (nSPS) is 8.29. The first-order chi connectivity index (χ1) is 6.83. The van der Waals surface area contributed by atoms with Crippen molar-refractivity contribution in [1.29, 1.82) is 0 Å². The van der Waals surface area contributed by atoms with Crippen molar-refractivity contribution in [3.8, 4) is 11.8 Å². The zero-order chi connectivity index (χ0) is 10.2. The van der Waals surface area contributed by atoms with E-state index in [9.17, 15) is 0 Å². The third kappa shape index (κ3) is 3.43. The van der Waals surface area contributed by atoms with Gasteiger partial charge in [-0.1, -0.05) is 17.0 Å². The fraction of sp³-hybridized carbons (Fsp3) is 0.250. The first kappa shape index (κ1) is 9.84. The van der Waals surface area contributed by atoms with E-state index in [-0.39, 0.29) is 5.95 Å². The van der Waals surface area contributed by atoms with E-state index in [1.54, 1.807) is 12.4 Å². The summed E-state index contributed by atoms with van der Waals surface area (Å²) in [6, 6.07) is 0. The minimum absolute atomic E-state index is 0.227. The van der Waals surface area contributed by atoms with E-state index < -0.39 is 0 Å². The molecule has 0 saturated heterocycles. The molecule has 1 aromatic heterocycles. The summed E-state index contributed by atoms with van der Waals surface area (Å²) in [5.41, 5.74) is 14.0. The van der Waals surface area contributed by atoms with Gasteiger partial charge in [0.2, 0.25) is 5.95 Å². The summed E-state index contributed by atoms with van der Waals surface area (Å²) in [7, 11) is 0. The molecule has 0 spiro atoms. The van der Waals surface area contributed by atoms with Gasteiger partial charge in [0.25, 0.3) is 0 Å². The molecule has 0 aliphatic rings. The first-order valence-corrected chi connectivity index (χ1v) is 3.90. The highest BCUT2D eigenvalue weighted by molar-refractivity contribution is 5.31. The summed E-state index contributed by atoms with van der Waals surface area (Å²) in [4.78, 5) is 10.2. The molecule has 70 valence electrons. The summed E-state index contributed by atoms with van der Waals surface area (Å²) >= 11 is 0. The minimum Gasteiger partial charge on any atom is -0.368 e. The number of nitrogens with two attached hydrogens (primary N) is 1. The molecule has 0 radical (unpaired) electrons. The van der Waals surface area contributed by atoms with Crippen LogP contribution < -0.4 is 5.73 Å². The number of rotatable bonds is 2. The maximum Gasteiger partial charge on any atom is 0.219 e. The fourth-order valence-corrected chi connectivity index (χ4v) is 0.718. The zero-order valence-corrected chi connectivity index (χ0v) is 7.38. The van der Waals surface area contributed by atoms with Gasteiger partial charge in [-0.25, -0.2) is 9.97 Å². The Hall–Kier alpha value is -2.25. The van der Waals surface area contributed by atoms with Crippen LogP contribution in [0.15, 0.2) is 17.5 Å². The van der Waals surface area contributed by atoms with Gasteiger partial charge < -0.3 is 5.73 Å². The molecule has 6 nitrogen and oxygen atoms in total. The molecule has 0 aliphatic heterocycles. The Morgan fingerprint density at radius 1 is 1.50 bits per heavy atom. The van der Waals surface area contributed by atoms with Crippen LogP contribution in [0, 0.1) is 11.8 Å². The van der Waals surface area contributed by atoms with E-state index in [0.717, 1.165) is 0 Å². The predicted molar refractivity (Wildman–Crippen MR) is 52.0 cm³/mol. The van der Waals surface area contributed by atoms with Crippen LogP contribution in [0.3, 0.4) is 0 Å².